The van der Waals surface area contributed by atoms with Crippen LogP contribution in [0.4, 0.5) is 0 Å². The molecular weight excluding hydrogens is 372 g/mol. The maximum Gasteiger partial charge on any atom is 0.179 e. The Labute approximate surface area is 168 Å². The summed E-state index contributed by atoms with van der Waals surface area (Å²) in [5.74, 6) is 0.313. The lowest BCUT2D eigenvalue weighted by Crippen LogP contribution is -2.59. The van der Waals surface area contributed by atoms with Crippen LogP contribution in [0, 0.1) is 22.7 Å². The molecule has 0 bridgehead atoms. The average molecular weight is 405 g/mol. The number of rotatable bonds is 1. The van der Waals surface area contributed by atoms with Gasteiger partial charge in [-0.25, -0.2) is 8.42 Å². The molecule has 5 heteroatoms. The summed E-state index contributed by atoms with van der Waals surface area (Å²) in [4.78, 5) is 12.0. The second-order valence-corrected chi connectivity index (χ2v) is 12.6. The van der Waals surface area contributed by atoms with E-state index in [4.69, 9.17) is 0 Å². The molecule has 2 aliphatic carbocycles. The predicted molar refractivity (Wildman–Crippen MR) is 109 cm³/mol. The van der Waals surface area contributed by atoms with E-state index in [0.717, 1.165) is 25.7 Å². The Bertz CT molecular complexity index is 961. The SMILES string of the molecule is CC(=O)c1cc(O)c2c(c1)S(=O)(=O)C[C@@H]1[C@@]3(C)CCCC(C)(C)[C@@H]3CC[C@@]21C. The van der Waals surface area contributed by atoms with E-state index in [9.17, 15) is 18.3 Å². The van der Waals surface area contributed by atoms with E-state index < -0.39 is 15.3 Å². The number of benzene rings is 1. The van der Waals surface area contributed by atoms with Crippen molar-refractivity contribution in [2.45, 2.75) is 77.0 Å². The number of carbonyl (C=O) groups excluding carboxylic acids is 1. The molecule has 0 unspecified atom stereocenters. The van der Waals surface area contributed by atoms with Crippen molar-refractivity contribution in [3.63, 3.8) is 0 Å². The smallest absolute Gasteiger partial charge is 0.179 e. The molecule has 4 nitrogen and oxygen atoms in total. The zero-order chi connectivity index (χ0) is 20.7. The number of ketones is 1. The summed E-state index contributed by atoms with van der Waals surface area (Å²) in [6.45, 7) is 10.5. The van der Waals surface area contributed by atoms with E-state index in [1.165, 1.54) is 25.5 Å². The highest BCUT2D eigenvalue weighted by atomic mass is 32.2. The Balaban J connectivity index is 1.95. The highest BCUT2D eigenvalue weighted by molar-refractivity contribution is 7.91. The zero-order valence-electron chi connectivity index (χ0n) is 17.6. The Kier molecular flexibility index (Phi) is 4.16. The molecule has 0 aromatic heterocycles. The first-order valence-electron chi connectivity index (χ1n) is 10.4. The zero-order valence-corrected chi connectivity index (χ0v) is 18.4. The minimum Gasteiger partial charge on any atom is -0.508 e. The van der Waals surface area contributed by atoms with Gasteiger partial charge in [-0.05, 0) is 67.4 Å². The van der Waals surface area contributed by atoms with E-state index in [-0.39, 0.29) is 44.5 Å². The third-order valence-electron chi connectivity index (χ3n) is 8.57. The van der Waals surface area contributed by atoms with Crippen LogP contribution in [0.1, 0.15) is 82.6 Å². The van der Waals surface area contributed by atoms with Crippen molar-refractivity contribution < 1.29 is 18.3 Å². The fraction of sp³-hybridized carbons (Fsp3) is 0.696. The summed E-state index contributed by atoms with van der Waals surface area (Å²) in [5, 5.41) is 10.9. The molecule has 0 saturated heterocycles. The van der Waals surface area contributed by atoms with E-state index in [2.05, 4.69) is 27.7 Å². The number of hydrogen-bond donors (Lipinski definition) is 1. The Morgan fingerprint density at radius 3 is 2.39 bits per heavy atom. The molecule has 1 N–H and O–H groups in total. The molecule has 28 heavy (non-hydrogen) atoms. The Hall–Kier alpha value is -1.36. The van der Waals surface area contributed by atoms with Gasteiger partial charge < -0.3 is 5.11 Å². The van der Waals surface area contributed by atoms with Crippen molar-refractivity contribution in [3.8, 4) is 5.75 Å². The average Bonchev–Trinajstić information content (AvgIpc) is 2.56. The van der Waals surface area contributed by atoms with Crippen LogP contribution in [0.5, 0.6) is 5.75 Å². The molecule has 0 radical (unpaired) electrons. The number of aromatic hydroxyl groups is 1. The van der Waals surface area contributed by atoms with Crippen LogP contribution in [-0.4, -0.2) is 25.1 Å². The third kappa shape index (κ3) is 2.54. The minimum atomic E-state index is -3.57. The number of phenolic OH excluding ortho intramolecular Hbond substituents is 1. The molecule has 0 amide bonds. The van der Waals surface area contributed by atoms with Crippen molar-refractivity contribution in [3.05, 3.63) is 23.3 Å². The molecule has 3 aliphatic rings. The van der Waals surface area contributed by atoms with E-state index in [0.29, 0.717) is 11.5 Å². The third-order valence-corrected chi connectivity index (χ3v) is 10.3. The normalized spacial score (nSPS) is 38.0. The molecule has 1 heterocycles. The molecule has 2 fully saturated rings. The Morgan fingerprint density at radius 1 is 1.07 bits per heavy atom. The Morgan fingerprint density at radius 2 is 1.75 bits per heavy atom. The molecular formula is C23H32O4S. The molecule has 1 aromatic rings. The van der Waals surface area contributed by atoms with Crippen molar-refractivity contribution in [2.24, 2.45) is 22.7 Å². The van der Waals surface area contributed by atoms with E-state index in [1.54, 1.807) is 0 Å². The van der Waals surface area contributed by atoms with Crippen LogP contribution in [0.3, 0.4) is 0 Å². The van der Waals surface area contributed by atoms with Gasteiger partial charge in [0.05, 0.1) is 10.6 Å². The number of phenols is 1. The van der Waals surface area contributed by atoms with Crippen LogP contribution in [0.15, 0.2) is 17.0 Å². The molecule has 1 aromatic carbocycles. The topological polar surface area (TPSA) is 71.4 Å². The van der Waals surface area contributed by atoms with Gasteiger partial charge in [-0.3, -0.25) is 4.79 Å². The fourth-order valence-corrected chi connectivity index (χ4v) is 9.58. The molecule has 2 saturated carbocycles. The lowest BCUT2D eigenvalue weighted by atomic mass is 9.43. The van der Waals surface area contributed by atoms with Crippen LogP contribution in [-0.2, 0) is 15.3 Å². The van der Waals surface area contributed by atoms with Gasteiger partial charge in [0, 0.05) is 16.5 Å². The summed E-state index contributed by atoms with van der Waals surface area (Å²) in [7, 11) is -3.57. The largest absolute Gasteiger partial charge is 0.508 e. The van der Waals surface area contributed by atoms with E-state index in [1.807, 2.05) is 0 Å². The summed E-state index contributed by atoms with van der Waals surface area (Å²) in [5.41, 5.74) is 0.570. The van der Waals surface area contributed by atoms with E-state index >= 15 is 0 Å². The highest BCUT2D eigenvalue weighted by Gasteiger charge is 2.62. The summed E-state index contributed by atoms with van der Waals surface area (Å²) >= 11 is 0. The number of hydrogen-bond acceptors (Lipinski definition) is 4. The van der Waals surface area contributed by atoms with Gasteiger partial charge in [0.2, 0.25) is 0 Å². The number of Topliss-reactive ketones (excluding diaryl/α,β-unsaturated/α-hetero) is 1. The lowest BCUT2D eigenvalue weighted by molar-refractivity contribution is -0.0984. The van der Waals surface area contributed by atoms with Gasteiger partial charge in [0.25, 0.3) is 0 Å². The first-order valence-corrected chi connectivity index (χ1v) is 12.1. The summed E-state index contributed by atoms with van der Waals surface area (Å²) in [6.07, 6.45) is 5.27. The minimum absolute atomic E-state index is 0.0232. The molecule has 1 aliphatic heterocycles. The number of carbonyl (C=O) groups is 1. The standard InChI is InChI=1S/C23H32O4S/c1-14(24)15-11-16(25)20-17(12-15)28(26,27)13-19-22(4)9-6-8-21(2,3)18(22)7-10-23(19,20)5/h11-12,18-19,25H,6-10,13H2,1-5H3/t18-,19+,22-,23+/m0/s1. The van der Waals surface area contributed by atoms with Crippen molar-refractivity contribution in [2.75, 3.05) is 5.75 Å². The number of sulfone groups is 1. The van der Waals surface area contributed by atoms with Gasteiger partial charge in [0.15, 0.2) is 15.6 Å². The predicted octanol–water partition coefficient (Wildman–Crippen LogP) is 4.88. The monoisotopic (exact) mass is 404 g/mol. The molecule has 0 spiro atoms. The molecule has 154 valence electrons. The van der Waals surface area contributed by atoms with Gasteiger partial charge >= 0.3 is 0 Å². The van der Waals surface area contributed by atoms with Gasteiger partial charge in [-0.1, -0.05) is 34.1 Å². The first kappa shape index (κ1) is 19.9. The van der Waals surface area contributed by atoms with Crippen molar-refractivity contribution in [1.29, 1.82) is 0 Å². The van der Waals surface area contributed by atoms with Gasteiger partial charge in [0.1, 0.15) is 5.75 Å². The maximum atomic E-state index is 13.4. The van der Waals surface area contributed by atoms with Crippen LogP contribution in [0.2, 0.25) is 0 Å². The van der Waals surface area contributed by atoms with Crippen molar-refractivity contribution in [1.82, 2.24) is 0 Å². The summed E-state index contributed by atoms with van der Waals surface area (Å²) in [6, 6.07) is 2.96. The second kappa shape index (κ2) is 5.84. The summed E-state index contributed by atoms with van der Waals surface area (Å²) < 4.78 is 26.7. The van der Waals surface area contributed by atoms with Crippen molar-refractivity contribution >= 4 is 15.6 Å². The van der Waals surface area contributed by atoms with Crippen LogP contribution >= 0.6 is 0 Å². The maximum absolute atomic E-state index is 13.4. The van der Waals surface area contributed by atoms with Gasteiger partial charge in [-0.2, -0.15) is 0 Å². The second-order valence-electron chi connectivity index (χ2n) is 10.6. The van der Waals surface area contributed by atoms with Crippen LogP contribution < -0.4 is 0 Å². The van der Waals surface area contributed by atoms with Crippen LogP contribution in [0.25, 0.3) is 0 Å². The molecule has 4 atom stereocenters. The number of fused-ring (bicyclic) bond motifs is 5. The van der Waals surface area contributed by atoms with Gasteiger partial charge in [-0.15, -0.1) is 0 Å². The first-order chi connectivity index (χ1) is 12.8. The molecule has 4 rings (SSSR count). The quantitative estimate of drug-likeness (QED) is 0.677. The fourth-order valence-electron chi connectivity index (χ4n) is 7.26. The lowest BCUT2D eigenvalue weighted by Gasteiger charge is -2.63. The highest BCUT2D eigenvalue weighted by Crippen LogP contribution is 2.67.